The van der Waals surface area contributed by atoms with Crippen molar-refractivity contribution in [2.24, 2.45) is 0 Å². The van der Waals surface area contributed by atoms with Gasteiger partial charge in [0.15, 0.2) is 0 Å². The quantitative estimate of drug-likeness (QED) is 0.555. The Bertz CT molecular complexity index is 230. The van der Waals surface area contributed by atoms with Crippen LogP contribution in [0.3, 0.4) is 0 Å². The Labute approximate surface area is 97.3 Å². The Balaban J connectivity index is 1.67. The first kappa shape index (κ1) is 9.83. The molecule has 0 aliphatic carbocycles. The van der Waals surface area contributed by atoms with E-state index in [0.29, 0.717) is 0 Å². The smallest absolute Gasteiger partial charge is 0.0421 e. The molecular formula is C12H22N4. The molecule has 4 heterocycles. The van der Waals surface area contributed by atoms with E-state index < -0.39 is 0 Å². The maximum atomic E-state index is 3.74. The summed E-state index contributed by atoms with van der Waals surface area (Å²) in [7, 11) is 0. The van der Waals surface area contributed by atoms with E-state index >= 15 is 0 Å². The van der Waals surface area contributed by atoms with Crippen LogP contribution in [0.25, 0.3) is 0 Å². The number of nitrogens with zero attached hydrogens (tertiary/aromatic N) is 2. The molecule has 90 valence electrons. The lowest BCUT2D eigenvalue weighted by atomic mass is 9.79. The largest absolute Gasteiger partial charge is 0.311 e. The van der Waals surface area contributed by atoms with Crippen LogP contribution in [0.1, 0.15) is 12.8 Å². The molecule has 0 aromatic carbocycles. The standard InChI is InChI=1S/C12H22N4/c1-5-15-7-4-14-10-2-6-16-8-3-13-9(1)11(16)12(10)15/h9-14H,1-8H2/t9-,10-,11-,12+/m1/s1. The molecule has 2 N–H and O–H groups in total. The van der Waals surface area contributed by atoms with Crippen molar-refractivity contribution in [3.8, 4) is 0 Å². The SMILES string of the molecule is C1CN2CC[C@H]3NCCN4CC[C@@H](N1)[C@H]2[C@@H]34. The number of hydrogen-bond acceptors (Lipinski definition) is 4. The second-order valence-corrected chi connectivity index (χ2v) is 5.75. The highest BCUT2D eigenvalue weighted by Crippen LogP contribution is 2.33. The minimum atomic E-state index is 0.762. The Morgan fingerprint density at radius 2 is 1.19 bits per heavy atom. The summed E-state index contributed by atoms with van der Waals surface area (Å²) in [6.07, 6.45) is 2.70. The number of piperidine rings is 2. The molecule has 4 nitrogen and oxygen atoms in total. The zero-order valence-electron chi connectivity index (χ0n) is 9.86. The van der Waals surface area contributed by atoms with Gasteiger partial charge in [-0.05, 0) is 12.8 Å². The Kier molecular flexibility index (Phi) is 2.25. The fourth-order valence-corrected chi connectivity index (χ4v) is 4.42. The predicted octanol–water partition coefficient (Wildman–Crippen LogP) is -0.921. The molecule has 4 heteroatoms. The fourth-order valence-electron chi connectivity index (χ4n) is 4.42. The van der Waals surface area contributed by atoms with E-state index in [4.69, 9.17) is 0 Å². The van der Waals surface area contributed by atoms with Crippen LogP contribution in [-0.2, 0) is 0 Å². The number of rotatable bonds is 0. The molecule has 4 fully saturated rings. The minimum absolute atomic E-state index is 0.762. The van der Waals surface area contributed by atoms with E-state index in [2.05, 4.69) is 20.4 Å². The van der Waals surface area contributed by atoms with Gasteiger partial charge in [0.1, 0.15) is 0 Å². The molecule has 0 amide bonds. The van der Waals surface area contributed by atoms with Crippen LogP contribution >= 0.6 is 0 Å². The van der Waals surface area contributed by atoms with Crippen LogP contribution in [0.15, 0.2) is 0 Å². The molecule has 0 bridgehead atoms. The summed E-state index contributed by atoms with van der Waals surface area (Å²) in [6.45, 7) is 7.55. The average molecular weight is 222 g/mol. The molecule has 16 heavy (non-hydrogen) atoms. The van der Waals surface area contributed by atoms with Gasteiger partial charge in [0.2, 0.25) is 0 Å². The average Bonchev–Trinajstić information content (AvgIpc) is 2.36. The van der Waals surface area contributed by atoms with E-state index in [1.54, 1.807) is 0 Å². The zero-order valence-corrected chi connectivity index (χ0v) is 9.86. The fraction of sp³-hybridized carbons (Fsp3) is 1.00. The second-order valence-electron chi connectivity index (χ2n) is 5.75. The van der Waals surface area contributed by atoms with Crippen LogP contribution in [0, 0.1) is 0 Å². The van der Waals surface area contributed by atoms with E-state index in [1.165, 1.54) is 52.1 Å². The van der Waals surface area contributed by atoms with Crippen LogP contribution in [-0.4, -0.2) is 73.2 Å². The van der Waals surface area contributed by atoms with Crippen LogP contribution in [0.2, 0.25) is 0 Å². The normalized spacial score (nSPS) is 48.8. The molecule has 0 radical (unpaired) electrons. The third-order valence-electron chi connectivity index (χ3n) is 5.08. The molecule has 0 spiro atoms. The van der Waals surface area contributed by atoms with Crippen LogP contribution in [0.5, 0.6) is 0 Å². The van der Waals surface area contributed by atoms with Crippen LogP contribution < -0.4 is 10.6 Å². The van der Waals surface area contributed by atoms with E-state index in [-0.39, 0.29) is 0 Å². The lowest BCUT2D eigenvalue weighted by molar-refractivity contribution is -0.0610. The lowest BCUT2D eigenvalue weighted by Gasteiger charge is -2.59. The van der Waals surface area contributed by atoms with Crippen molar-refractivity contribution in [3.63, 3.8) is 0 Å². The van der Waals surface area contributed by atoms with E-state index in [9.17, 15) is 0 Å². The van der Waals surface area contributed by atoms with E-state index in [0.717, 1.165) is 24.2 Å². The van der Waals surface area contributed by atoms with Gasteiger partial charge in [-0.25, -0.2) is 0 Å². The summed E-state index contributed by atoms with van der Waals surface area (Å²) >= 11 is 0. The Morgan fingerprint density at radius 3 is 1.69 bits per heavy atom. The number of hydrogen-bond donors (Lipinski definition) is 2. The van der Waals surface area contributed by atoms with Gasteiger partial charge in [-0.2, -0.15) is 0 Å². The van der Waals surface area contributed by atoms with Crippen molar-refractivity contribution in [2.75, 3.05) is 39.3 Å². The number of piperazine rings is 2. The van der Waals surface area contributed by atoms with Crippen LogP contribution in [0.4, 0.5) is 0 Å². The highest BCUT2D eigenvalue weighted by molar-refractivity contribution is 5.10. The molecule has 4 aliphatic rings. The Morgan fingerprint density at radius 1 is 0.688 bits per heavy atom. The lowest BCUT2D eigenvalue weighted by Crippen LogP contribution is -2.77. The van der Waals surface area contributed by atoms with Gasteiger partial charge in [-0.3, -0.25) is 9.80 Å². The molecule has 0 aromatic heterocycles. The number of nitrogens with one attached hydrogen (secondary N) is 2. The zero-order chi connectivity index (χ0) is 10.5. The summed E-state index contributed by atoms with van der Waals surface area (Å²) in [5, 5.41) is 7.49. The summed E-state index contributed by atoms with van der Waals surface area (Å²) < 4.78 is 0. The van der Waals surface area contributed by atoms with Crippen molar-refractivity contribution in [1.29, 1.82) is 0 Å². The summed E-state index contributed by atoms with van der Waals surface area (Å²) in [5.41, 5.74) is 0. The first-order valence-corrected chi connectivity index (χ1v) is 6.88. The van der Waals surface area contributed by atoms with Crippen molar-refractivity contribution < 1.29 is 0 Å². The first-order chi connectivity index (χ1) is 7.93. The predicted molar refractivity (Wildman–Crippen MR) is 63.5 cm³/mol. The van der Waals surface area contributed by atoms with E-state index in [1.807, 2.05) is 0 Å². The maximum absolute atomic E-state index is 3.74. The van der Waals surface area contributed by atoms with Gasteiger partial charge in [0.25, 0.3) is 0 Å². The topological polar surface area (TPSA) is 30.5 Å². The van der Waals surface area contributed by atoms with Gasteiger partial charge in [-0.1, -0.05) is 0 Å². The first-order valence-electron chi connectivity index (χ1n) is 6.88. The molecule has 4 atom stereocenters. The van der Waals surface area contributed by atoms with Gasteiger partial charge in [0.05, 0.1) is 0 Å². The summed E-state index contributed by atoms with van der Waals surface area (Å²) in [6, 6.07) is 3.10. The highest BCUT2D eigenvalue weighted by Gasteiger charge is 2.49. The molecular weight excluding hydrogens is 200 g/mol. The molecule has 0 saturated carbocycles. The molecule has 4 saturated heterocycles. The molecule has 0 aromatic rings. The Hall–Kier alpha value is -0.160. The van der Waals surface area contributed by atoms with Gasteiger partial charge >= 0.3 is 0 Å². The molecule has 4 rings (SSSR count). The van der Waals surface area contributed by atoms with Crippen molar-refractivity contribution in [3.05, 3.63) is 0 Å². The minimum Gasteiger partial charge on any atom is -0.311 e. The van der Waals surface area contributed by atoms with Gasteiger partial charge < -0.3 is 10.6 Å². The van der Waals surface area contributed by atoms with Crippen molar-refractivity contribution in [2.45, 2.75) is 37.0 Å². The van der Waals surface area contributed by atoms with Crippen molar-refractivity contribution >= 4 is 0 Å². The third kappa shape index (κ3) is 1.30. The third-order valence-corrected chi connectivity index (χ3v) is 5.08. The van der Waals surface area contributed by atoms with Gasteiger partial charge in [-0.15, -0.1) is 0 Å². The molecule has 0 unspecified atom stereocenters. The highest BCUT2D eigenvalue weighted by atomic mass is 15.4. The van der Waals surface area contributed by atoms with Crippen molar-refractivity contribution in [1.82, 2.24) is 20.4 Å². The monoisotopic (exact) mass is 222 g/mol. The molecule has 4 aliphatic heterocycles. The maximum Gasteiger partial charge on any atom is 0.0421 e. The second kappa shape index (κ2) is 3.67. The summed E-state index contributed by atoms with van der Waals surface area (Å²) in [4.78, 5) is 5.50. The van der Waals surface area contributed by atoms with Gasteiger partial charge in [0, 0.05) is 63.4 Å². The summed E-state index contributed by atoms with van der Waals surface area (Å²) in [5.74, 6) is 0.